The molecule has 94 valence electrons. The van der Waals surface area contributed by atoms with E-state index in [1.54, 1.807) is 19.9 Å². The first-order valence-electron chi connectivity index (χ1n) is 5.22. The topological polar surface area (TPSA) is 98.6 Å². The monoisotopic (exact) mass is 240 g/mol. The Hall–Kier alpha value is -1.66. The molecule has 17 heavy (non-hydrogen) atoms. The SMILES string of the molecule is Cc1cc(C)c(OCC(O)CN)c([N+](=O)[O-])c1. The summed E-state index contributed by atoms with van der Waals surface area (Å²) in [6.07, 6.45) is -0.824. The molecule has 0 aliphatic rings. The van der Waals surface area contributed by atoms with Gasteiger partial charge in [0.2, 0.25) is 0 Å². The molecule has 1 aromatic rings. The maximum absolute atomic E-state index is 10.9. The first-order valence-corrected chi connectivity index (χ1v) is 5.22. The number of ether oxygens (including phenoxy) is 1. The molecule has 0 amide bonds. The second-order valence-electron chi connectivity index (χ2n) is 3.89. The summed E-state index contributed by atoms with van der Waals surface area (Å²) < 4.78 is 5.27. The van der Waals surface area contributed by atoms with Crippen molar-refractivity contribution in [2.45, 2.75) is 20.0 Å². The highest BCUT2D eigenvalue weighted by atomic mass is 16.6. The Kier molecular flexibility index (Phi) is 4.42. The van der Waals surface area contributed by atoms with Crippen LogP contribution in [0.25, 0.3) is 0 Å². The molecule has 3 N–H and O–H groups in total. The molecule has 0 saturated heterocycles. The average molecular weight is 240 g/mol. The summed E-state index contributed by atoms with van der Waals surface area (Å²) in [5, 5.41) is 20.2. The van der Waals surface area contributed by atoms with Gasteiger partial charge >= 0.3 is 5.69 Å². The number of aliphatic hydroxyl groups excluding tert-OH is 1. The molecule has 1 aromatic carbocycles. The van der Waals surface area contributed by atoms with Crippen LogP contribution in [-0.4, -0.2) is 29.3 Å². The molecular formula is C11H16N2O4. The number of nitro groups is 1. The highest BCUT2D eigenvalue weighted by Crippen LogP contribution is 2.31. The van der Waals surface area contributed by atoms with Crippen molar-refractivity contribution in [3.05, 3.63) is 33.4 Å². The van der Waals surface area contributed by atoms with Crippen LogP contribution in [0.4, 0.5) is 5.69 Å². The van der Waals surface area contributed by atoms with Crippen LogP contribution in [0.2, 0.25) is 0 Å². The average Bonchev–Trinajstić information content (AvgIpc) is 2.26. The summed E-state index contributed by atoms with van der Waals surface area (Å²) in [5.74, 6) is 0.188. The van der Waals surface area contributed by atoms with Gasteiger partial charge in [-0.05, 0) is 25.0 Å². The maximum atomic E-state index is 10.9. The normalized spacial score (nSPS) is 12.2. The molecule has 1 unspecified atom stereocenters. The quantitative estimate of drug-likeness (QED) is 0.588. The molecule has 1 atom stereocenters. The maximum Gasteiger partial charge on any atom is 0.311 e. The molecule has 0 spiro atoms. The van der Waals surface area contributed by atoms with E-state index in [9.17, 15) is 15.2 Å². The van der Waals surface area contributed by atoms with Gasteiger partial charge in [-0.1, -0.05) is 6.07 Å². The molecular weight excluding hydrogens is 224 g/mol. The fraction of sp³-hybridized carbons (Fsp3) is 0.455. The standard InChI is InChI=1S/C11H16N2O4/c1-7-3-8(2)11(10(4-7)13(15)16)17-6-9(14)5-12/h3-4,9,14H,5-6,12H2,1-2H3. The lowest BCUT2D eigenvalue weighted by Gasteiger charge is -2.12. The lowest BCUT2D eigenvalue weighted by molar-refractivity contribution is -0.386. The third kappa shape index (κ3) is 3.40. The van der Waals surface area contributed by atoms with E-state index in [1.807, 2.05) is 0 Å². The van der Waals surface area contributed by atoms with Gasteiger partial charge in [-0.25, -0.2) is 0 Å². The summed E-state index contributed by atoms with van der Waals surface area (Å²) in [5.41, 5.74) is 6.60. The summed E-state index contributed by atoms with van der Waals surface area (Å²) in [6.45, 7) is 3.50. The Bertz CT molecular complexity index is 420. The molecule has 1 rings (SSSR count). The molecule has 0 fully saturated rings. The Morgan fingerprint density at radius 2 is 2.18 bits per heavy atom. The number of nitrogens with zero attached hydrogens (tertiary/aromatic N) is 1. The van der Waals surface area contributed by atoms with Gasteiger partial charge in [0.25, 0.3) is 0 Å². The molecule has 0 saturated carbocycles. The van der Waals surface area contributed by atoms with E-state index in [0.29, 0.717) is 5.56 Å². The predicted molar refractivity (Wildman–Crippen MR) is 63.1 cm³/mol. The van der Waals surface area contributed by atoms with Gasteiger partial charge < -0.3 is 15.6 Å². The minimum Gasteiger partial charge on any atom is -0.484 e. The first-order chi connectivity index (χ1) is 7.95. The Morgan fingerprint density at radius 1 is 1.53 bits per heavy atom. The summed E-state index contributed by atoms with van der Waals surface area (Å²) in [4.78, 5) is 10.4. The molecule has 6 nitrogen and oxygen atoms in total. The van der Waals surface area contributed by atoms with Gasteiger partial charge in [0.05, 0.1) is 4.92 Å². The fourth-order valence-electron chi connectivity index (χ4n) is 1.50. The van der Waals surface area contributed by atoms with Crippen molar-refractivity contribution in [3.8, 4) is 5.75 Å². The number of hydrogen-bond donors (Lipinski definition) is 2. The van der Waals surface area contributed by atoms with Gasteiger partial charge in [-0.2, -0.15) is 0 Å². The van der Waals surface area contributed by atoms with Crippen LogP contribution in [0, 0.1) is 24.0 Å². The van der Waals surface area contributed by atoms with E-state index < -0.39 is 11.0 Å². The second kappa shape index (κ2) is 5.60. The zero-order valence-corrected chi connectivity index (χ0v) is 9.84. The van der Waals surface area contributed by atoms with Crippen molar-refractivity contribution >= 4 is 5.69 Å². The van der Waals surface area contributed by atoms with Crippen molar-refractivity contribution in [1.82, 2.24) is 0 Å². The Labute approximate surface area is 99.2 Å². The summed E-state index contributed by atoms with van der Waals surface area (Å²) >= 11 is 0. The van der Waals surface area contributed by atoms with E-state index in [1.165, 1.54) is 6.07 Å². The molecule has 0 aliphatic heterocycles. The second-order valence-corrected chi connectivity index (χ2v) is 3.89. The van der Waals surface area contributed by atoms with E-state index in [4.69, 9.17) is 10.5 Å². The van der Waals surface area contributed by atoms with Crippen LogP contribution in [0.3, 0.4) is 0 Å². The molecule has 0 radical (unpaired) electrons. The number of nitrogens with two attached hydrogens (primary N) is 1. The lowest BCUT2D eigenvalue weighted by atomic mass is 10.1. The van der Waals surface area contributed by atoms with Gasteiger partial charge in [0.1, 0.15) is 12.7 Å². The minimum atomic E-state index is -0.824. The molecule has 0 aliphatic carbocycles. The largest absolute Gasteiger partial charge is 0.484 e. The predicted octanol–water partition coefficient (Wildman–Crippen LogP) is 0.910. The highest BCUT2D eigenvalue weighted by molar-refractivity contribution is 5.53. The summed E-state index contributed by atoms with van der Waals surface area (Å²) in [6, 6.07) is 3.23. The third-order valence-corrected chi connectivity index (χ3v) is 2.29. The lowest BCUT2D eigenvalue weighted by Crippen LogP contribution is -2.26. The van der Waals surface area contributed by atoms with Crippen molar-refractivity contribution in [1.29, 1.82) is 0 Å². The van der Waals surface area contributed by atoms with Gasteiger partial charge in [-0.15, -0.1) is 0 Å². The van der Waals surface area contributed by atoms with E-state index in [0.717, 1.165) is 5.56 Å². The van der Waals surface area contributed by atoms with Crippen LogP contribution < -0.4 is 10.5 Å². The van der Waals surface area contributed by atoms with Crippen molar-refractivity contribution in [2.75, 3.05) is 13.2 Å². The third-order valence-electron chi connectivity index (χ3n) is 2.29. The van der Waals surface area contributed by atoms with Crippen LogP contribution in [-0.2, 0) is 0 Å². The van der Waals surface area contributed by atoms with Crippen molar-refractivity contribution in [2.24, 2.45) is 5.73 Å². The number of benzene rings is 1. The Morgan fingerprint density at radius 3 is 2.71 bits per heavy atom. The molecule has 0 bridgehead atoms. The van der Waals surface area contributed by atoms with Crippen LogP contribution in [0.15, 0.2) is 12.1 Å². The summed E-state index contributed by atoms with van der Waals surface area (Å²) in [7, 11) is 0. The first kappa shape index (κ1) is 13.4. The van der Waals surface area contributed by atoms with Crippen molar-refractivity contribution in [3.63, 3.8) is 0 Å². The number of nitro benzene ring substituents is 1. The number of aryl methyl sites for hydroxylation is 2. The van der Waals surface area contributed by atoms with Crippen LogP contribution in [0.5, 0.6) is 5.75 Å². The van der Waals surface area contributed by atoms with Gasteiger partial charge in [0, 0.05) is 12.6 Å². The molecule has 6 heteroatoms. The fourth-order valence-corrected chi connectivity index (χ4v) is 1.50. The number of aliphatic hydroxyl groups is 1. The highest BCUT2D eigenvalue weighted by Gasteiger charge is 2.19. The van der Waals surface area contributed by atoms with E-state index in [-0.39, 0.29) is 24.6 Å². The number of rotatable bonds is 5. The number of hydrogen-bond acceptors (Lipinski definition) is 5. The van der Waals surface area contributed by atoms with Gasteiger partial charge in [0.15, 0.2) is 5.75 Å². The van der Waals surface area contributed by atoms with E-state index >= 15 is 0 Å². The van der Waals surface area contributed by atoms with Crippen LogP contribution >= 0.6 is 0 Å². The Balaban J connectivity index is 3.00. The zero-order chi connectivity index (χ0) is 13.0. The van der Waals surface area contributed by atoms with Crippen LogP contribution in [0.1, 0.15) is 11.1 Å². The van der Waals surface area contributed by atoms with Crippen molar-refractivity contribution < 1.29 is 14.8 Å². The minimum absolute atomic E-state index is 0.0543. The van der Waals surface area contributed by atoms with Gasteiger partial charge in [-0.3, -0.25) is 10.1 Å². The smallest absolute Gasteiger partial charge is 0.311 e. The molecule has 0 aromatic heterocycles. The zero-order valence-electron chi connectivity index (χ0n) is 9.84. The molecule has 0 heterocycles. The van der Waals surface area contributed by atoms with E-state index in [2.05, 4.69) is 0 Å².